The number of ether oxygens (including phenoxy) is 1. The quantitative estimate of drug-likeness (QED) is 0.583. The van der Waals surface area contributed by atoms with E-state index < -0.39 is 9.84 Å². The van der Waals surface area contributed by atoms with Crippen molar-refractivity contribution in [3.8, 4) is 0 Å². The van der Waals surface area contributed by atoms with Gasteiger partial charge in [-0.2, -0.15) is 0 Å². The molecule has 0 bridgehead atoms. The Balaban J connectivity index is 1.73. The molecule has 0 aliphatic heterocycles. The Morgan fingerprint density at radius 1 is 1.25 bits per heavy atom. The van der Waals surface area contributed by atoms with E-state index in [1.54, 1.807) is 0 Å². The Morgan fingerprint density at radius 3 is 2.56 bits per heavy atom. The fourth-order valence-corrected chi connectivity index (χ4v) is 2.09. The minimum atomic E-state index is -2.79. The molecule has 0 atom stereocenters. The Bertz CT molecular complexity index is 273. The van der Waals surface area contributed by atoms with Crippen LogP contribution in [-0.2, 0) is 14.6 Å². The zero-order valence-electron chi connectivity index (χ0n) is 10.1. The van der Waals surface area contributed by atoms with Crippen LogP contribution in [0.5, 0.6) is 0 Å². The van der Waals surface area contributed by atoms with E-state index in [0.717, 1.165) is 38.6 Å². The molecule has 0 radical (unpaired) electrons. The molecule has 0 saturated heterocycles. The predicted octanol–water partition coefficient (Wildman–Crippen LogP) is 0.827. The number of nitrogens with one attached hydrogen (secondary N) is 1. The number of sulfone groups is 1. The second kappa shape index (κ2) is 7.25. The zero-order chi connectivity index (χ0) is 11.9. The molecule has 1 rings (SSSR count). The molecule has 4 nitrogen and oxygen atoms in total. The van der Waals surface area contributed by atoms with Gasteiger partial charge in [0, 0.05) is 19.5 Å². The van der Waals surface area contributed by atoms with Gasteiger partial charge in [0.1, 0.15) is 9.84 Å². The second-order valence-electron chi connectivity index (χ2n) is 4.61. The van der Waals surface area contributed by atoms with Crippen molar-refractivity contribution >= 4 is 9.84 Å². The first-order valence-electron chi connectivity index (χ1n) is 6.04. The molecule has 1 aliphatic carbocycles. The van der Waals surface area contributed by atoms with Crippen LogP contribution in [-0.4, -0.2) is 46.7 Å². The molecule has 0 amide bonds. The van der Waals surface area contributed by atoms with Crippen LogP contribution in [0.1, 0.15) is 25.7 Å². The van der Waals surface area contributed by atoms with E-state index in [2.05, 4.69) is 5.32 Å². The number of hydrogen-bond donors (Lipinski definition) is 1. The van der Waals surface area contributed by atoms with E-state index in [1.807, 2.05) is 0 Å². The van der Waals surface area contributed by atoms with E-state index in [0.29, 0.717) is 6.42 Å². The largest absolute Gasteiger partial charge is 0.381 e. The lowest BCUT2D eigenvalue weighted by Crippen LogP contribution is -2.20. The first-order chi connectivity index (χ1) is 7.58. The van der Waals surface area contributed by atoms with Gasteiger partial charge >= 0.3 is 0 Å². The van der Waals surface area contributed by atoms with Gasteiger partial charge in [-0.3, -0.25) is 0 Å². The molecule has 1 aliphatic rings. The molecular formula is C11H23NO3S. The topological polar surface area (TPSA) is 55.4 Å². The van der Waals surface area contributed by atoms with Crippen molar-refractivity contribution in [3.63, 3.8) is 0 Å². The van der Waals surface area contributed by atoms with Crippen LogP contribution in [0.4, 0.5) is 0 Å². The van der Waals surface area contributed by atoms with Crippen LogP contribution in [0, 0.1) is 5.92 Å². The van der Waals surface area contributed by atoms with Gasteiger partial charge in [0.25, 0.3) is 0 Å². The molecule has 0 aromatic carbocycles. The van der Waals surface area contributed by atoms with E-state index >= 15 is 0 Å². The molecule has 0 aromatic heterocycles. The van der Waals surface area contributed by atoms with Gasteiger partial charge < -0.3 is 10.1 Å². The highest BCUT2D eigenvalue weighted by Crippen LogP contribution is 2.28. The highest BCUT2D eigenvalue weighted by atomic mass is 32.2. The molecular weight excluding hydrogens is 226 g/mol. The van der Waals surface area contributed by atoms with E-state index in [9.17, 15) is 8.42 Å². The highest BCUT2D eigenvalue weighted by molar-refractivity contribution is 7.90. The Hall–Kier alpha value is -0.130. The van der Waals surface area contributed by atoms with Crippen molar-refractivity contribution in [2.75, 3.05) is 38.3 Å². The molecule has 1 N–H and O–H groups in total. The summed E-state index contributed by atoms with van der Waals surface area (Å²) in [6.07, 6.45) is 5.65. The fourth-order valence-electron chi connectivity index (χ4n) is 1.42. The zero-order valence-corrected chi connectivity index (χ0v) is 10.9. The molecule has 96 valence electrons. The Labute approximate surface area is 98.7 Å². The summed E-state index contributed by atoms with van der Waals surface area (Å²) in [6.45, 7) is 3.42. The van der Waals surface area contributed by atoms with Crippen molar-refractivity contribution in [2.45, 2.75) is 25.7 Å². The minimum Gasteiger partial charge on any atom is -0.381 e. The highest BCUT2D eigenvalue weighted by Gasteiger charge is 2.20. The first-order valence-corrected chi connectivity index (χ1v) is 8.10. The number of hydrogen-bond acceptors (Lipinski definition) is 4. The average molecular weight is 249 g/mol. The van der Waals surface area contributed by atoms with Gasteiger partial charge in [-0.15, -0.1) is 0 Å². The second-order valence-corrected chi connectivity index (χ2v) is 6.87. The Kier molecular flexibility index (Phi) is 6.31. The summed E-state index contributed by atoms with van der Waals surface area (Å²) in [5.74, 6) is 1.11. The maximum atomic E-state index is 10.8. The molecule has 0 unspecified atom stereocenters. The molecule has 0 aromatic rings. The van der Waals surface area contributed by atoms with Crippen LogP contribution < -0.4 is 5.32 Å². The molecule has 0 spiro atoms. The van der Waals surface area contributed by atoms with Crippen molar-refractivity contribution in [2.24, 2.45) is 5.92 Å². The van der Waals surface area contributed by atoms with Crippen molar-refractivity contribution in [3.05, 3.63) is 0 Å². The molecule has 0 heterocycles. The summed E-state index contributed by atoms with van der Waals surface area (Å²) in [5, 5.41) is 3.22. The van der Waals surface area contributed by atoms with Crippen LogP contribution >= 0.6 is 0 Å². The number of rotatable bonds is 10. The average Bonchev–Trinajstić information content (AvgIpc) is 2.97. The van der Waals surface area contributed by atoms with Gasteiger partial charge in [0.15, 0.2) is 0 Å². The van der Waals surface area contributed by atoms with Gasteiger partial charge in [-0.1, -0.05) is 0 Å². The van der Waals surface area contributed by atoms with Gasteiger partial charge in [0.2, 0.25) is 0 Å². The molecule has 5 heteroatoms. The fraction of sp³-hybridized carbons (Fsp3) is 1.00. The van der Waals surface area contributed by atoms with E-state index in [1.165, 1.54) is 19.1 Å². The van der Waals surface area contributed by atoms with Crippen LogP contribution in [0.15, 0.2) is 0 Å². The lowest BCUT2D eigenvalue weighted by atomic mass is 10.4. The van der Waals surface area contributed by atoms with E-state index in [-0.39, 0.29) is 5.75 Å². The molecule has 1 fully saturated rings. The standard InChI is InChI=1S/C11H23NO3S/c1-16(13,14)9-3-7-12-6-2-8-15-10-11-4-5-11/h11-12H,2-10H2,1H3. The minimum absolute atomic E-state index is 0.276. The van der Waals surface area contributed by atoms with Crippen LogP contribution in [0.2, 0.25) is 0 Å². The summed E-state index contributed by atoms with van der Waals surface area (Å²) in [5.41, 5.74) is 0. The summed E-state index contributed by atoms with van der Waals surface area (Å²) < 4.78 is 27.1. The van der Waals surface area contributed by atoms with Gasteiger partial charge in [-0.05, 0) is 44.7 Å². The Morgan fingerprint density at radius 2 is 1.94 bits per heavy atom. The molecule has 1 saturated carbocycles. The van der Waals surface area contributed by atoms with Crippen molar-refractivity contribution in [1.29, 1.82) is 0 Å². The van der Waals surface area contributed by atoms with Gasteiger partial charge in [0.05, 0.1) is 5.75 Å². The van der Waals surface area contributed by atoms with Crippen molar-refractivity contribution < 1.29 is 13.2 Å². The normalized spacial score (nSPS) is 16.6. The SMILES string of the molecule is CS(=O)(=O)CCCNCCCOCC1CC1. The summed E-state index contributed by atoms with van der Waals surface area (Å²) in [7, 11) is -2.79. The summed E-state index contributed by atoms with van der Waals surface area (Å²) >= 11 is 0. The third-order valence-electron chi connectivity index (χ3n) is 2.56. The lowest BCUT2D eigenvalue weighted by Gasteiger charge is -2.05. The third-order valence-corrected chi connectivity index (χ3v) is 3.59. The monoisotopic (exact) mass is 249 g/mol. The van der Waals surface area contributed by atoms with Gasteiger partial charge in [-0.25, -0.2) is 8.42 Å². The summed E-state index contributed by atoms with van der Waals surface area (Å²) in [4.78, 5) is 0. The smallest absolute Gasteiger partial charge is 0.147 e. The predicted molar refractivity (Wildman–Crippen MR) is 65.4 cm³/mol. The van der Waals surface area contributed by atoms with Crippen LogP contribution in [0.3, 0.4) is 0 Å². The van der Waals surface area contributed by atoms with E-state index in [4.69, 9.17) is 4.74 Å². The lowest BCUT2D eigenvalue weighted by molar-refractivity contribution is 0.122. The third kappa shape index (κ3) is 9.12. The summed E-state index contributed by atoms with van der Waals surface area (Å²) in [6, 6.07) is 0. The van der Waals surface area contributed by atoms with Crippen molar-refractivity contribution in [1.82, 2.24) is 5.32 Å². The van der Waals surface area contributed by atoms with Crippen LogP contribution in [0.25, 0.3) is 0 Å². The maximum absolute atomic E-state index is 10.8. The first kappa shape index (κ1) is 13.9. The molecule has 16 heavy (non-hydrogen) atoms. The maximum Gasteiger partial charge on any atom is 0.147 e.